The maximum atomic E-state index is 2.48. The van der Waals surface area contributed by atoms with E-state index >= 15 is 0 Å². The number of fused-ring (bicyclic) bond motifs is 10. The molecule has 2 nitrogen and oxygen atoms in total. The summed E-state index contributed by atoms with van der Waals surface area (Å²) in [7, 11) is 0. The topological polar surface area (TPSA) is 9.86 Å². The predicted molar refractivity (Wildman–Crippen MR) is 219 cm³/mol. The number of thiophene rings is 1. The highest BCUT2D eigenvalue weighted by atomic mass is 32.1. The fraction of sp³-hybridized carbons (Fsp3) is 0. The molecule has 0 aliphatic carbocycles. The number of aromatic nitrogens is 2. The Bertz CT molecular complexity index is 3110. The van der Waals surface area contributed by atoms with Crippen LogP contribution >= 0.6 is 11.3 Å². The third-order valence-electron chi connectivity index (χ3n) is 10.5. The van der Waals surface area contributed by atoms with Gasteiger partial charge in [-0.2, -0.15) is 0 Å². The lowest BCUT2D eigenvalue weighted by molar-refractivity contribution is 1.15. The monoisotopic (exact) mass is 666 g/mol. The first-order valence-electron chi connectivity index (χ1n) is 17.4. The Morgan fingerprint density at radius 3 is 1.69 bits per heavy atom. The summed E-state index contributed by atoms with van der Waals surface area (Å²) in [5, 5.41) is 7.65. The molecule has 0 N–H and O–H groups in total. The second-order valence-electron chi connectivity index (χ2n) is 13.3. The van der Waals surface area contributed by atoms with Crippen LogP contribution in [0.25, 0.3) is 97.4 Å². The fourth-order valence-electron chi connectivity index (χ4n) is 8.24. The summed E-state index contributed by atoms with van der Waals surface area (Å²) in [6, 6.07) is 66.6. The summed E-state index contributed by atoms with van der Waals surface area (Å²) in [5.41, 5.74) is 12.1. The second-order valence-corrected chi connectivity index (χ2v) is 14.4. The van der Waals surface area contributed by atoms with E-state index in [0.717, 1.165) is 11.4 Å². The van der Waals surface area contributed by atoms with Gasteiger partial charge >= 0.3 is 0 Å². The average molecular weight is 667 g/mol. The third kappa shape index (κ3) is 4.22. The van der Waals surface area contributed by atoms with Crippen LogP contribution in [-0.4, -0.2) is 9.13 Å². The molecule has 0 atom stereocenters. The number of hydrogen-bond donors (Lipinski definition) is 0. The molecule has 0 spiro atoms. The van der Waals surface area contributed by atoms with Gasteiger partial charge in [0.15, 0.2) is 0 Å². The first-order valence-corrected chi connectivity index (χ1v) is 18.3. The van der Waals surface area contributed by atoms with Gasteiger partial charge in [-0.25, -0.2) is 0 Å². The van der Waals surface area contributed by atoms with Crippen molar-refractivity contribution in [3.05, 3.63) is 182 Å². The van der Waals surface area contributed by atoms with Crippen molar-refractivity contribution >= 4 is 75.1 Å². The molecule has 11 aromatic rings. The molecule has 238 valence electrons. The van der Waals surface area contributed by atoms with Crippen LogP contribution in [-0.2, 0) is 0 Å². The zero-order chi connectivity index (χ0) is 33.5. The van der Waals surface area contributed by atoms with Crippen LogP contribution < -0.4 is 0 Å². The molecule has 0 saturated carbocycles. The lowest BCUT2D eigenvalue weighted by Gasteiger charge is -2.13. The van der Waals surface area contributed by atoms with E-state index in [1.165, 1.54) is 86.0 Å². The van der Waals surface area contributed by atoms with Gasteiger partial charge in [0.25, 0.3) is 0 Å². The van der Waals surface area contributed by atoms with Crippen LogP contribution in [0.1, 0.15) is 0 Å². The standard InChI is InChI=1S/C48H30N2S/c1-3-12-31(13-4-1)33-24-27-38-41-29-28-40-37-16-7-9-20-43(37)49(46(40)47(41)50(44(38)30-33)34-14-5-2-6-15-34)35-25-22-32(23-26-35)36-18-11-19-42-39-17-8-10-21-45(39)51-48(36)42/h1-30H. The van der Waals surface area contributed by atoms with Gasteiger partial charge < -0.3 is 9.13 Å². The molecule has 0 aliphatic rings. The van der Waals surface area contributed by atoms with E-state index in [1.54, 1.807) is 0 Å². The van der Waals surface area contributed by atoms with Crippen LogP contribution in [0, 0.1) is 0 Å². The molecule has 0 radical (unpaired) electrons. The molecular formula is C48H30N2S. The van der Waals surface area contributed by atoms with Crippen molar-refractivity contribution in [3.8, 4) is 33.6 Å². The second kappa shape index (κ2) is 11.0. The van der Waals surface area contributed by atoms with Crippen molar-refractivity contribution in [2.24, 2.45) is 0 Å². The summed E-state index contributed by atoms with van der Waals surface area (Å²) >= 11 is 1.88. The van der Waals surface area contributed by atoms with E-state index in [1.807, 2.05) is 11.3 Å². The molecular weight excluding hydrogens is 637 g/mol. The molecule has 0 unspecified atom stereocenters. The summed E-state index contributed by atoms with van der Waals surface area (Å²) in [5.74, 6) is 0. The molecule has 3 heteroatoms. The minimum Gasteiger partial charge on any atom is -0.307 e. The smallest absolute Gasteiger partial charge is 0.0788 e. The molecule has 0 fully saturated rings. The molecule has 8 aromatic carbocycles. The normalized spacial score (nSPS) is 11.9. The average Bonchev–Trinajstić information content (AvgIpc) is 3.86. The Labute approximate surface area is 298 Å². The van der Waals surface area contributed by atoms with Gasteiger partial charge in [0.2, 0.25) is 0 Å². The van der Waals surface area contributed by atoms with Gasteiger partial charge in [0, 0.05) is 53.1 Å². The van der Waals surface area contributed by atoms with E-state index in [0.29, 0.717) is 0 Å². The molecule has 51 heavy (non-hydrogen) atoms. The lowest BCUT2D eigenvalue weighted by Crippen LogP contribution is -1.98. The Kier molecular flexibility index (Phi) is 6.16. The quantitative estimate of drug-likeness (QED) is 0.177. The van der Waals surface area contributed by atoms with E-state index in [9.17, 15) is 0 Å². The minimum absolute atomic E-state index is 1.15. The number of para-hydroxylation sites is 2. The number of nitrogens with zero attached hydrogens (tertiary/aromatic N) is 2. The SMILES string of the molecule is c1ccc(-c2ccc3c4ccc5c6ccccc6n(-c6ccc(-c7cccc8c7sc7ccccc78)cc6)c5c4n(-c4ccccc4)c3c2)cc1. The molecule has 0 amide bonds. The first kappa shape index (κ1) is 28.4. The van der Waals surface area contributed by atoms with Gasteiger partial charge in [-0.15, -0.1) is 11.3 Å². The van der Waals surface area contributed by atoms with Gasteiger partial charge in [-0.3, -0.25) is 0 Å². The maximum Gasteiger partial charge on any atom is 0.0788 e. The Morgan fingerprint density at radius 1 is 0.333 bits per heavy atom. The van der Waals surface area contributed by atoms with Gasteiger partial charge in [-0.05, 0) is 64.7 Å². The molecule has 0 saturated heterocycles. The number of benzene rings is 8. The molecule has 0 bridgehead atoms. The van der Waals surface area contributed by atoms with Crippen LogP contribution in [0.2, 0.25) is 0 Å². The minimum atomic E-state index is 1.15. The molecule has 3 heterocycles. The molecule has 0 aliphatic heterocycles. The highest BCUT2D eigenvalue weighted by Crippen LogP contribution is 2.44. The summed E-state index contributed by atoms with van der Waals surface area (Å²) in [6.45, 7) is 0. The molecule has 11 rings (SSSR count). The zero-order valence-corrected chi connectivity index (χ0v) is 28.4. The Morgan fingerprint density at radius 2 is 0.902 bits per heavy atom. The van der Waals surface area contributed by atoms with E-state index < -0.39 is 0 Å². The highest BCUT2D eigenvalue weighted by molar-refractivity contribution is 7.26. The summed E-state index contributed by atoms with van der Waals surface area (Å²) in [4.78, 5) is 0. The van der Waals surface area contributed by atoms with Crippen molar-refractivity contribution in [1.82, 2.24) is 9.13 Å². The van der Waals surface area contributed by atoms with Crippen LogP contribution in [0.15, 0.2) is 182 Å². The summed E-state index contributed by atoms with van der Waals surface area (Å²) in [6.07, 6.45) is 0. The predicted octanol–water partition coefficient (Wildman–Crippen LogP) is 13.6. The van der Waals surface area contributed by atoms with Crippen molar-refractivity contribution in [3.63, 3.8) is 0 Å². The zero-order valence-electron chi connectivity index (χ0n) is 27.6. The van der Waals surface area contributed by atoms with E-state index in [2.05, 4.69) is 191 Å². The van der Waals surface area contributed by atoms with Crippen LogP contribution in [0.4, 0.5) is 0 Å². The largest absolute Gasteiger partial charge is 0.307 e. The first-order chi connectivity index (χ1) is 25.3. The Hall–Kier alpha value is -6.42. The van der Waals surface area contributed by atoms with Crippen molar-refractivity contribution in [2.45, 2.75) is 0 Å². The Balaban J connectivity index is 1.20. The lowest BCUT2D eigenvalue weighted by atomic mass is 10.0. The molecule has 3 aromatic heterocycles. The highest BCUT2D eigenvalue weighted by Gasteiger charge is 2.22. The van der Waals surface area contributed by atoms with E-state index in [-0.39, 0.29) is 0 Å². The number of rotatable bonds is 4. The van der Waals surface area contributed by atoms with Gasteiger partial charge in [0.1, 0.15) is 0 Å². The fourth-order valence-corrected chi connectivity index (χ4v) is 9.48. The van der Waals surface area contributed by atoms with Crippen molar-refractivity contribution < 1.29 is 0 Å². The van der Waals surface area contributed by atoms with Crippen LogP contribution in [0.3, 0.4) is 0 Å². The van der Waals surface area contributed by atoms with Crippen molar-refractivity contribution in [2.75, 3.05) is 0 Å². The van der Waals surface area contributed by atoms with Gasteiger partial charge in [-0.1, -0.05) is 140 Å². The summed E-state index contributed by atoms with van der Waals surface area (Å²) < 4.78 is 7.63. The third-order valence-corrected chi connectivity index (χ3v) is 11.7. The van der Waals surface area contributed by atoms with Gasteiger partial charge in [0.05, 0.1) is 22.1 Å². The number of hydrogen-bond acceptors (Lipinski definition) is 1. The van der Waals surface area contributed by atoms with E-state index in [4.69, 9.17) is 0 Å². The van der Waals surface area contributed by atoms with Crippen molar-refractivity contribution in [1.29, 1.82) is 0 Å². The maximum absolute atomic E-state index is 2.48. The van der Waals surface area contributed by atoms with Crippen LogP contribution in [0.5, 0.6) is 0 Å².